The van der Waals surface area contributed by atoms with Crippen LogP contribution in [0.25, 0.3) is 11.3 Å². The lowest BCUT2D eigenvalue weighted by molar-refractivity contribution is 0.0581. The van der Waals surface area contributed by atoms with E-state index in [0.29, 0.717) is 40.1 Å². The van der Waals surface area contributed by atoms with E-state index in [2.05, 4.69) is 20.3 Å². The third kappa shape index (κ3) is 4.79. The molecule has 0 spiro atoms. The fraction of sp³-hybridized carbons (Fsp3) is 0.107. The summed E-state index contributed by atoms with van der Waals surface area (Å²) in [7, 11) is 1.29. The summed E-state index contributed by atoms with van der Waals surface area (Å²) in [6.07, 6.45) is -0.231. The molecule has 1 N–H and O–H groups in total. The number of benzene rings is 3. The first-order chi connectivity index (χ1) is 18.0. The number of nitrogens with one attached hydrogen (secondary N) is 1. The van der Waals surface area contributed by atoms with Gasteiger partial charge in [-0.2, -0.15) is 0 Å². The van der Waals surface area contributed by atoms with Gasteiger partial charge >= 0.3 is 6.09 Å². The lowest BCUT2D eigenvalue weighted by Gasteiger charge is -2.27. The Morgan fingerprint density at radius 2 is 1.54 bits per heavy atom. The summed E-state index contributed by atoms with van der Waals surface area (Å²) in [5.74, 6) is -0.761. The highest BCUT2D eigenvalue weighted by molar-refractivity contribution is 6.30. The average Bonchev–Trinajstić information content (AvgIpc) is 3.18. The largest absolute Gasteiger partial charge is 0.453 e. The molecule has 3 amide bonds. The Hall–Kier alpha value is -4.56. The fourth-order valence-corrected chi connectivity index (χ4v) is 4.55. The molecule has 2 heterocycles. The highest BCUT2D eigenvalue weighted by Crippen LogP contribution is 2.37. The van der Waals surface area contributed by atoms with Gasteiger partial charge in [-0.3, -0.25) is 19.8 Å². The molecule has 1 aliphatic rings. The van der Waals surface area contributed by atoms with Gasteiger partial charge in [-0.15, -0.1) is 10.2 Å². The molecular formula is C28H21ClN4O4. The van der Waals surface area contributed by atoms with E-state index < -0.39 is 12.1 Å². The van der Waals surface area contributed by atoms with Gasteiger partial charge in [-0.1, -0.05) is 66.2 Å². The second kappa shape index (κ2) is 10.2. The lowest BCUT2D eigenvalue weighted by atomic mass is 9.97. The van der Waals surface area contributed by atoms with E-state index in [1.807, 2.05) is 30.3 Å². The Bertz CT molecular complexity index is 1460. The van der Waals surface area contributed by atoms with E-state index >= 15 is 0 Å². The van der Waals surface area contributed by atoms with Crippen LogP contribution in [-0.2, 0) is 11.2 Å². The number of nitrogens with zero attached hydrogens (tertiary/aromatic N) is 3. The summed E-state index contributed by atoms with van der Waals surface area (Å²) < 4.78 is 4.62. The Labute approximate surface area is 217 Å². The van der Waals surface area contributed by atoms with Crippen LogP contribution >= 0.6 is 11.6 Å². The molecule has 8 nitrogen and oxygen atoms in total. The number of imide groups is 1. The van der Waals surface area contributed by atoms with Crippen molar-refractivity contribution in [1.82, 2.24) is 15.1 Å². The molecule has 0 aliphatic carbocycles. The molecular weight excluding hydrogens is 492 g/mol. The molecule has 4 aromatic rings. The van der Waals surface area contributed by atoms with E-state index in [0.717, 1.165) is 5.56 Å². The summed E-state index contributed by atoms with van der Waals surface area (Å²) in [6, 6.07) is 24.3. The van der Waals surface area contributed by atoms with E-state index in [1.165, 1.54) is 12.0 Å². The van der Waals surface area contributed by atoms with Gasteiger partial charge in [0.15, 0.2) is 5.15 Å². The third-order valence-corrected chi connectivity index (χ3v) is 6.45. The van der Waals surface area contributed by atoms with Crippen molar-refractivity contribution in [2.24, 2.45) is 0 Å². The van der Waals surface area contributed by atoms with Crippen LogP contribution in [0, 0.1) is 0 Å². The number of anilines is 1. The van der Waals surface area contributed by atoms with Crippen molar-refractivity contribution in [3.05, 3.63) is 112 Å². The molecule has 1 aromatic heterocycles. The predicted octanol–water partition coefficient (Wildman–Crippen LogP) is 5.56. The van der Waals surface area contributed by atoms with Gasteiger partial charge < -0.3 is 4.74 Å². The summed E-state index contributed by atoms with van der Waals surface area (Å²) in [4.78, 5) is 39.6. The fourth-order valence-electron chi connectivity index (χ4n) is 4.33. The summed E-state index contributed by atoms with van der Waals surface area (Å²) in [6.45, 7) is 0. The molecule has 0 saturated heterocycles. The van der Waals surface area contributed by atoms with E-state index in [1.54, 1.807) is 54.6 Å². The van der Waals surface area contributed by atoms with Gasteiger partial charge in [-0.25, -0.2) is 4.79 Å². The van der Waals surface area contributed by atoms with Crippen molar-refractivity contribution < 1.29 is 19.1 Å². The second-order valence-corrected chi connectivity index (χ2v) is 8.76. The molecule has 1 aliphatic heterocycles. The number of hydrogen-bond acceptors (Lipinski definition) is 6. The number of amides is 3. The summed E-state index contributed by atoms with van der Waals surface area (Å²) in [5.41, 5.74) is 3.90. The second-order valence-electron chi connectivity index (χ2n) is 8.40. The molecule has 5 rings (SSSR count). The topological polar surface area (TPSA) is 101 Å². The molecule has 0 radical (unpaired) electrons. The highest BCUT2D eigenvalue weighted by Gasteiger charge is 2.41. The maximum atomic E-state index is 13.4. The first-order valence-corrected chi connectivity index (χ1v) is 11.8. The van der Waals surface area contributed by atoms with Gasteiger partial charge in [0, 0.05) is 16.8 Å². The zero-order chi connectivity index (χ0) is 25.9. The van der Waals surface area contributed by atoms with Crippen LogP contribution in [0.15, 0.2) is 84.9 Å². The van der Waals surface area contributed by atoms with Gasteiger partial charge in [0.05, 0.1) is 30.0 Å². The number of carbonyl (C=O) groups is 3. The van der Waals surface area contributed by atoms with E-state index in [4.69, 9.17) is 11.6 Å². The smallest absolute Gasteiger partial charge is 0.411 e. The first-order valence-electron chi connectivity index (χ1n) is 11.5. The van der Waals surface area contributed by atoms with Gasteiger partial charge in [0.25, 0.3) is 11.8 Å². The number of hydrogen-bond donors (Lipinski definition) is 1. The Kier molecular flexibility index (Phi) is 6.66. The Balaban J connectivity index is 1.55. The SMILES string of the molecule is COC(=O)Nc1ccc(-c2cc(C(Cc3ccccc3)N3C(=O)c4ccccc4C3=O)c(Cl)nn2)cc1. The number of fused-ring (bicyclic) bond motifs is 1. The minimum atomic E-state index is -0.711. The van der Waals surface area contributed by atoms with Crippen LogP contribution < -0.4 is 5.32 Å². The van der Waals surface area contributed by atoms with Crippen LogP contribution in [-0.4, -0.2) is 40.1 Å². The maximum Gasteiger partial charge on any atom is 0.411 e. The van der Waals surface area contributed by atoms with Crippen molar-refractivity contribution in [2.75, 3.05) is 12.4 Å². The van der Waals surface area contributed by atoms with Crippen LogP contribution in [0.5, 0.6) is 0 Å². The number of carbonyl (C=O) groups excluding carboxylic acids is 3. The number of methoxy groups -OCH3 is 1. The number of halogens is 1. The van der Waals surface area contributed by atoms with Crippen molar-refractivity contribution >= 4 is 35.2 Å². The Morgan fingerprint density at radius 3 is 2.16 bits per heavy atom. The van der Waals surface area contributed by atoms with Crippen LogP contribution in [0.4, 0.5) is 10.5 Å². The molecule has 0 saturated carbocycles. The molecule has 1 atom stereocenters. The van der Waals surface area contributed by atoms with Gasteiger partial charge in [0.1, 0.15) is 0 Å². The van der Waals surface area contributed by atoms with Gasteiger partial charge in [-0.05, 0) is 42.3 Å². The zero-order valence-electron chi connectivity index (χ0n) is 19.7. The normalized spacial score (nSPS) is 13.3. The van der Waals surface area contributed by atoms with Crippen LogP contribution in [0.2, 0.25) is 5.15 Å². The molecule has 9 heteroatoms. The molecule has 0 fully saturated rings. The molecule has 3 aromatic carbocycles. The molecule has 37 heavy (non-hydrogen) atoms. The van der Waals surface area contributed by atoms with Crippen LogP contribution in [0.1, 0.15) is 37.9 Å². The number of rotatable bonds is 6. The van der Waals surface area contributed by atoms with E-state index in [-0.39, 0.29) is 17.0 Å². The monoisotopic (exact) mass is 512 g/mol. The lowest BCUT2D eigenvalue weighted by Crippen LogP contribution is -2.35. The molecule has 0 bridgehead atoms. The van der Waals surface area contributed by atoms with Crippen molar-refractivity contribution in [1.29, 1.82) is 0 Å². The average molecular weight is 513 g/mol. The zero-order valence-corrected chi connectivity index (χ0v) is 20.5. The maximum absolute atomic E-state index is 13.4. The van der Waals surface area contributed by atoms with Crippen molar-refractivity contribution in [3.63, 3.8) is 0 Å². The highest BCUT2D eigenvalue weighted by atomic mass is 35.5. The van der Waals surface area contributed by atoms with Crippen LogP contribution in [0.3, 0.4) is 0 Å². The summed E-state index contributed by atoms with van der Waals surface area (Å²) >= 11 is 6.54. The van der Waals surface area contributed by atoms with Crippen molar-refractivity contribution in [2.45, 2.75) is 12.5 Å². The van der Waals surface area contributed by atoms with Gasteiger partial charge in [0.2, 0.25) is 0 Å². The molecule has 1 unspecified atom stereocenters. The Morgan fingerprint density at radius 1 is 0.919 bits per heavy atom. The van der Waals surface area contributed by atoms with E-state index in [9.17, 15) is 14.4 Å². The third-order valence-electron chi connectivity index (χ3n) is 6.16. The van der Waals surface area contributed by atoms with Crippen molar-refractivity contribution in [3.8, 4) is 11.3 Å². The number of ether oxygens (including phenoxy) is 1. The standard InChI is InChI=1S/C28H21ClN4O4/c1-37-28(36)30-19-13-11-18(12-14-19)23-16-22(25(29)32-31-23)24(15-17-7-3-2-4-8-17)33-26(34)20-9-5-6-10-21(20)27(33)35/h2-14,16,24H,15H2,1H3,(H,30,36). The minimum absolute atomic E-state index is 0.102. The quantitative estimate of drug-likeness (QED) is 0.340. The minimum Gasteiger partial charge on any atom is -0.453 e. The molecule has 184 valence electrons. The first kappa shape index (κ1) is 24.1. The number of aromatic nitrogens is 2. The predicted molar refractivity (Wildman–Crippen MR) is 138 cm³/mol. The summed E-state index contributed by atoms with van der Waals surface area (Å²) in [5, 5.41) is 11.1.